The van der Waals surface area contributed by atoms with Gasteiger partial charge in [-0.3, -0.25) is 24.2 Å². The van der Waals surface area contributed by atoms with Crippen LogP contribution in [0.1, 0.15) is 71.3 Å². The molecule has 2 N–H and O–H groups in total. The number of fused-ring (bicyclic) bond motifs is 2. The van der Waals surface area contributed by atoms with E-state index in [1.54, 1.807) is 18.3 Å². The molecule has 5 aromatic rings. The van der Waals surface area contributed by atoms with E-state index in [2.05, 4.69) is 30.5 Å². The minimum Gasteiger partial charge on any atom is -0.469 e. The molecule has 2 aromatic carbocycles. The van der Waals surface area contributed by atoms with Crippen molar-refractivity contribution in [1.82, 2.24) is 29.6 Å². The van der Waals surface area contributed by atoms with Gasteiger partial charge in [0.05, 0.1) is 30.3 Å². The van der Waals surface area contributed by atoms with Crippen LogP contribution in [-0.2, 0) is 16.1 Å². The molecule has 2 aliphatic heterocycles. The SMILES string of the molecule is COC(=O)C1CCN([C@H]2CCCn3nc(C(=O)Nc4cccc(-c5cccc(Nc6nc(C(F)F)nc7cccnc67)c5C)c4C)cc32)CC1. The number of nitrogens with one attached hydrogen (secondary N) is 2. The molecule has 0 aliphatic carbocycles. The van der Waals surface area contributed by atoms with Crippen LogP contribution in [0.15, 0.2) is 60.8 Å². The number of hydrogen-bond acceptors (Lipinski definition) is 9. The summed E-state index contributed by atoms with van der Waals surface area (Å²) in [6.07, 6.45) is 2.18. The molecule has 1 fully saturated rings. The number of piperidine rings is 1. The van der Waals surface area contributed by atoms with E-state index < -0.39 is 12.2 Å². The maximum atomic E-state index is 13.6. The number of methoxy groups -OCH3 is 1. The number of esters is 1. The summed E-state index contributed by atoms with van der Waals surface area (Å²) in [4.78, 5) is 40.5. The van der Waals surface area contributed by atoms with E-state index in [-0.39, 0.29) is 29.7 Å². The average molecular weight is 681 g/mol. The fraction of sp³-hybridized carbons (Fsp3) is 0.351. The van der Waals surface area contributed by atoms with Crippen LogP contribution in [-0.4, -0.2) is 61.7 Å². The molecule has 1 saturated heterocycles. The highest BCUT2D eigenvalue weighted by Gasteiger charge is 2.33. The highest BCUT2D eigenvalue weighted by molar-refractivity contribution is 6.04. The summed E-state index contributed by atoms with van der Waals surface area (Å²) in [5, 5.41) is 11.0. The Labute approximate surface area is 288 Å². The fourth-order valence-electron chi connectivity index (χ4n) is 7.16. The average Bonchev–Trinajstić information content (AvgIpc) is 3.58. The first-order valence-corrected chi connectivity index (χ1v) is 16.8. The van der Waals surface area contributed by atoms with Gasteiger partial charge < -0.3 is 15.4 Å². The molecule has 1 atom stereocenters. The Morgan fingerprint density at radius 3 is 2.36 bits per heavy atom. The second-order valence-corrected chi connectivity index (χ2v) is 12.8. The van der Waals surface area contributed by atoms with Gasteiger partial charge in [-0.1, -0.05) is 24.3 Å². The number of anilines is 3. The standard InChI is InChI=1S/C37H38F2N8O3/c1-21-24(8-4-10-26(21)41-34-32-28(12-6-16-40-32)42-35(44-34)33(38)39)25-9-5-11-27(22(25)2)43-36(48)29-20-31-30(13-7-17-47(31)45-29)46-18-14-23(15-19-46)37(49)50-3/h4-6,8-12,16,20,23,30,33H,7,13-15,17-19H2,1-3H3,(H,43,48)(H,41,42,44)/t30-/m0/s1. The van der Waals surface area contributed by atoms with Crippen molar-refractivity contribution >= 4 is 40.1 Å². The molecule has 0 radical (unpaired) electrons. The van der Waals surface area contributed by atoms with Crippen LogP contribution >= 0.6 is 0 Å². The fourth-order valence-corrected chi connectivity index (χ4v) is 7.16. The lowest BCUT2D eigenvalue weighted by atomic mass is 9.93. The number of halogens is 2. The lowest BCUT2D eigenvalue weighted by Gasteiger charge is -2.38. The minimum absolute atomic E-state index is 0.0650. The summed E-state index contributed by atoms with van der Waals surface area (Å²) < 4.78 is 34.2. The van der Waals surface area contributed by atoms with Gasteiger partial charge in [-0.2, -0.15) is 5.10 Å². The monoisotopic (exact) mass is 680 g/mol. The molecule has 7 rings (SSSR count). The van der Waals surface area contributed by atoms with Gasteiger partial charge >= 0.3 is 5.97 Å². The zero-order chi connectivity index (χ0) is 34.9. The van der Waals surface area contributed by atoms with Crippen molar-refractivity contribution in [2.75, 3.05) is 30.8 Å². The number of aromatic nitrogens is 5. The number of rotatable bonds is 8. The summed E-state index contributed by atoms with van der Waals surface area (Å²) >= 11 is 0. The van der Waals surface area contributed by atoms with Crippen molar-refractivity contribution in [2.45, 2.75) is 58.5 Å². The number of carbonyl (C=O) groups is 2. The smallest absolute Gasteiger partial charge is 0.308 e. The lowest BCUT2D eigenvalue weighted by Crippen LogP contribution is -2.40. The first-order valence-electron chi connectivity index (χ1n) is 16.8. The maximum absolute atomic E-state index is 13.6. The third-order valence-electron chi connectivity index (χ3n) is 9.86. The molecule has 2 aliphatic rings. The summed E-state index contributed by atoms with van der Waals surface area (Å²) in [5.74, 6) is -0.879. The van der Waals surface area contributed by atoms with Gasteiger partial charge in [0.1, 0.15) is 5.52 Å². The van der Waals surface area contributed by atoms with Crippen LogP contribution in [0.25, 0.3) is 22.2 Å². The number of likely N-dealkylation sites (tertiary alicyclic amines) is 1. The Balaban J connectivity index is 1.11. The second kappa shape index (κ2) is 13.9. The summed E-state index contributed by atoms with van der Waals surface area (Å²) in [6, 6.07) is 16.8. The number of aryl methyl sites for hydroxylation is 1. The van der Waals surface area contributed by atoms with Crippen LogP contribution < -0.4 is 10.6 Å². The van der Waals surface area contributed by atoms with E-state index in [9.17, 15) is 18.4 Å². The number of pyridine rings is 1. The molecule has 13 heteroatoms. The van der Waals surface area contributed by atoms with Gasteiger partial charge in [-0.05, 0) is 105 Å². The van der Waals surface area contributed by atoms with E-state index in [0.717, 1.165) is 73.3 Å². The number of ether oxygens (including phenoxy) is 1. The zero-order valence-electron chi connectivity index (χ0n) is 28.1. The Morgan fingerprint density at radius 2 is 1.64 bits per heavy atom. The normalized spacial score (nSPS) is 16.7. The van der Waals surface area contributed by atoms with Gasteiger partial charge in [0.25, 0.3) is 12.3 Å². The highest BCUT2D eigenvalue weighted by atomic mass is 19.3. The Morgan fingerprint density at radius 1 is 0.920 bits per heavy atom. The van der Waals surface area contributed by atoms with Crippen LogP contribution in [0.3, 0.4) is 0 Å². The molecule has 0 unspecified atom stereocenters. The van der Waals surface area contributed by atoms with E-state index in [4.69, 9.17) is 9.84 Å². The number of nitrogens with zero attached hydrogens (tertiary/aromatic N) is 6. The number of hydrogen-bond donors (Lipinski definition) is 2. The van der Waals surface area contributed by atoms with Crippen molar-refractivity contribution in [3.8, 4) is 11.1 Å². The van der Waals surface area contributed by atoms with Gasteiger partial charge in [0.2, 0.25) is 0 Å². The molecule has 0 saturated carbocycles. The molecule has 0 bridgehead atoms. The molecule has 0 spiro atoms. The van der Waals surface area contributed by atoms with Crippen LogP contribution in [0.4, 0.5) is 26.0 Å². The molecule has 11 nitrogen and oxygen atoms in total. The van der Waals surface area contributed by atoms with E-state index in [0.29, 0.717) is 28.1 Å². The van der Waals surface area contributed by atoms with Gasteiger partial charge in [0.15, 0.2) is 17.3 Å². The first kappa shape index (κ1) is 33.2. The van der Waals surface area contributed by atoms with Gasteiger partial charge in [-0.15, -0.1) is 0 Å². The lowest BCUT2D eigenvalue weighted by molar-refractivity contribution is -0.147. The summed E-state index contributed by atoms with van der Waals surface area (Å²) in [6.45, 7) is 6.23. The minimum atomic E-state index is -2.83. The summed E-state index contributed by atoms with van der Waals surface area (Å²) in [7, 11) is 1.44. The molecule has 258 valence electrons. The zero-order valence-corrected chi connectivity index (χ0v) is 28.1. The Kier molecular flexibility index (Phi) is 9.23. The van der Waals surface area contributed by atoms with Crippen molar-refractivity contribution < 1.29 is 23.1 Å². The van der Waals surface area contributed by atoms with Crippen LogP contribution in [0.5, 0.6) is 0 Å². The van der Waals surface area contributed by atoms with Gasteiger partial charge in [0, 0.05) is 24.1 Å². The molecular formula is C37H38F2N8O3. The number of benzene rings is 2. The van der Waals surface area contributed by atoms with Crippen molar-refractivity contribution in [3.63, 3.8) is 0 Å². The van der Waals surface area contributed by atoms with E-state index in [1.165, 1.54) is 7.11 Å². The third-order valence-corrected chi connectivity index (χ3v) is 9.86. The topological polar surface area (TPSA) is 127 Å². The highest BCUT2D eigenvalue weighted by Crippen LogP contribution is 2.37. The maximum Gasteiger partial charge on any atom is 0.308 e. The molecule has 50 heavy (non-hydrogen) atoms. The molecule has 5 heterocycles. The van der Waals surface area contributed by atoms with Crippen molar-refractivity contribution in [2.24, 2.45) is 5.92 Å². The number of carbonyl (C=O) groups excluding carboxylic acids is 2. The van der Waals surface area contributed by atoms with Gasteiger partial charge in [-0.25, -0.2) is 18.7 Å². The quantitative estimate of drug-likeness (QED) is 0.164. The van der Waals surface area contributed by atoms with E-state index in [1.807, 2.05) is 61.0 Å². The molecule has 1 amide bonds. The predicted octanol–water partition coefficient (Wildman–Crippen LogP) is 7.16. The largest absolute Gasteiger partial charge is 0.469 e. The predicted molar refractivity (Wildman–Crippen MR) is 185 cm³/mol. The number of amides is 1. The molecular weight excluding hydrogens is 642 g/mol. The Bertz CT molecular complexity index is 2080. The first-order chi connectivity index (χ1) is 24.2. The summed E-state index contributed by atoms with van der Waals surface area (Å²) in [5.41, 5.74) is 6.96. The van der Waals surface area contributed by atoms with Crippen molar-refractivity contribution in [1.29, 1.82) is 0 Å². The molecule has 3 aromatic heterocycles. The second-order valence-electron chi connectivity index (χ2n) is 12.8. The van der Waals surface area contributed by atoms with Crippen LogP contribution in [0, 0.1) is 19.8 Å². The third kappa shape index (κ3) is 6.40. The Hall–Kier alpha value is -5.30. The van der Waals surface area contributed by atoms with Crippen molar-refractivity contribution in [3.05, 3.63) is 89.1 Å². The van der Waals surface area contributed by atoms with E-state index >= 15 is 0 Å². The number of alkyl halides is 2. The van der Waals surface area contributed by atoms with Crippen LogP contribution in [0.2, 0.25) is 0 Å².